The number of carbonyl (C=O) groups excluding carboxylic acids is 2. The quantitative estimate of drug-likeness (QED) is 0.825. The molecule has 2 atom stereocenters. The number of benzene rings is 1. The molecule has 140 valence electrons. The number of nitrogens with zero attached hydrogens (tertiary/aromatic N) is 2. The third kappa shape index (κ3) is 3.21. The number of anilines is 1. The number of ether oxygens (including phenoxy) is 2. The summed E-state index contributed by atoms with van der Waals surface area (Å²) < 4.78 is 25.3. The van der Waals surface area contributed by atoms with Gasteiger partial charge < -0.3 is 19.3 Å². The van der Waals surface area contributed by atoms with Crippen molar-refractivity contribution in [3.8, 4) is 0 Å². The van der Waals surface area contributed by atoms with E-state index in [1.165, 1.54) is 11.0 Å². The maximum absolute atomic E-state index is 14.0. The van der Waals surface area contributed by atoms with Crippen molar-refractivity contribution in [2.24, 2.45) is 5.92 Å². The Kier molecular flexibility index (Phi) is 4.91. The molecule has 0 aliphatic carbocycles. The van der Waals surface area contributed by atoms with Gasteiger partial charge >= 0.3 is 0 Å². The number of likely N-dealkylation sites (tertiary alicyclic amines) is 1. The average molecular weight is 362 g/mol. The van der Waals surface area contributed by atoms with Crippen molar-refractivity contribution in [1.82, 2.24) is 4.90 Å². The maximum Gasteiger partial charge on any atom is 0.228 e. The smallest absolute Gasteiger partial charge is 0.228 e. The Morgan fingerprint density at radius 3 is 2.69 bits per heavy atom. The van der Waals surface area contributed by atoms with Gasteiger partial charge in [-0.3, -0.25) is 9.59 Å². The minimum atomic E-state index is -0.455. The number of hydrogen-bond donors (Lipinski definition) is 0. The summed E-state index contributed by atoms with van der Waals surface area (Å²) in [5, 5.41) is 0. The largest absolute Gasteiger partial charge is 0.348 e. The molecule has 1 aromatic carbocycles. The van der Waals surface area contributed by atoms with Gasteiger partial charge in [0.05, 0.1) is 30.9 Å². The Morgan fingerprint density at radius 1 is 1.15 bits per heavy atom. The van der Waals surface area contributed by atoms with E-state index < -0.39 is 11.7 Å². The molecule has 0 bridgehead atoms. The fourth-order valence-corrected chi connectivity index (χ4v) is 4.12. The van der Waals surface area contributed by atoms with E-state index >= 15 is 0 Å². The van der Waals surface area contributed by atoms with Crippen molar-refractivity contribution in [3.05, 3.63) is 30.1 Å². The van der Waals surface area contributed by atoms with Crippen LogP contribution in [0, 0.1) is 11.7 Å². The molecule has 3 aliphatic rings. The molecule has 0 unspecified atom stereocenters. The van der Waals surface area contributed by atoms with Gasteiger partial charge in [-0.1, -0.05) is 12.1 Å². The molecule has 3 fully saturated rings. The normalized spacial score (nSPS) is 27.3. The van der Waals surface area contributed by atoms with Crippen LogP contribution in [0.5, 0.6) is 0 Å². The molecule has 7 heteroatoms. The highest BCUT2D eigenvalue weighted by atomic mass is 19.1. The molecule has 3 aliphatic heterocycles. The Bertz CT molecular complexity index is 692. The van der Waals surface area contributed by atoms with Crippen molar-refractivity contribution in [2.45, 2.75) is 38.0 Å². The van der Waals surface area contributed by atoms with E-state index in [1.807, 2.05) is 4.90 Å². The van der Waals surface area contributed by atoms with E-state index in [0.717, 1.165) is 19.3 Å². The van der Waals surface area contributed by atoms with Crippen LogP contribution in [0.2, 0.25) is 0 Å². The predicted octanol–water partition coefficient (Wildman–Crippen LogP) is 1.93. The van der Waals surface area contributed by atoms with Crippen LogP contribution in [0.3, 0.4) is 0 Å². The van der Waals surface area contributed by atoms with Crippen molar-refractivity contribution >= 4 is 17.5 Å². The fourth-order valence-electron chi connectivity index (χ4n) is 4.12. The van der Waals surface area contributed by atoms with Gasteiger partial charge in [0, 0.05) is 19.5 Å². The van der Waals surface area contributed by atoms with Gasteiger partial charge in [0.15, 0.2) is 6.29 Å². The number of carbonyl (C=O) groups is 2. The molecule has 4 rings (SSSR count). The summed E-state index contributed by atoms with van der Waals surface area (Å²) in [5.74, 6) is -1.17. The van der Waals surface area contributed by atoms with Gasteiger partial charge in [-0.2, -0.15) is 0 Å². The molecule has 1 aromatic rings. The molecule has 0 saturated carbocycles. The lowest BCUT2D eigenvalue weighted by molar-refractivity contribution is -0.154. The van der Waals surface area contributed by atoms with Crippen LogP contribution in [0.4, 0.5) is 10.1 Å². The summed E-state index contributed by atoms with van der Waals surface area (Å²) in [7, 11) is 0. The van der Waals surface area contributed by atoms with Crippen LogP contribution < -0.4 is 4.90 Å². The molecule has 3 heterocycles. The standard InChI is InChI=1S/C19H23FN2O4/c20-14-5-1-2-6-15(14)22-12-13(11-17(22)23)18(24)21-8-4-3-7-16(21)19-25-9-10-26-19/h1-2,5-6,13,16,19H,3-4,7-12H2/t13-,16+/m1/s1. The first kappa shape index (κ1) is 17.4. The number of para-hydroxylation sites is 1. The zero-order chi connectivity index (χ0) is 18.1. The first-order chi connectivity index (χ1) is 12.6. The van der Waals surface area contributed by atoms with Gasteiger partial charge in [-0.05, 0) is 31.4 Å². The number of piperidine rings is 1. The molecular weight excluding hydrogens is 339 g/mol. The Balaban J connectivity index is 1.49. The van der Waals surface area contributed by atoms with E-state index in [2.05, 4.69) is 0 Å². The lowest BCUT2D eigenvalue weighted by atomic mass is 9.98. The van der Waals surface area contributed by atoms with E-state index in [9.17, 15) is 14.0 Å². The van der Waals surface area contributed by atoms with Gasteiger partial charge in [-0.15, -0.1) is 0 Å². The minimum Gasteiger partial charge on any atom is -0.348 e. The van der Waals surface area contributed by atoms with Crippen LogP contribution in [0.1, 0.15) is 25.7 Å². The monoisotopic (exact) mass is 362 g/mol. The van der Waals surface area contributed by atoms with Crippen molar-refractivity contribution in [2.75, 3.05) is 31.2 Å². The van der Waals surface area contributed by atoms with Crippen molar-refractivity contribution in [1.29, 1.82) is 0 Å². The number of amides is 2. The third-order valence-electron chi connectivity index (χ3n) is 5.41. The third-order valence-corrected chi connectivity index (χ3v) is 5.41. The highest BCUT2D eigenvalue weighted by Crippen LogP contribution is 2.31. The molecule has 3 saturated heterocycles. The molecular formula is C19H23FN2O4. The van der Waals surface area contributed by atoms with Gasteiger partial charge in [0.1, 0.15) is 5.82 Å². The van der Waals surface area contributed by atoms with Gasteiger partial charge in [0.25, 0.3) is 0 Å². The van der Waals surface area contributed by atoms with Crippen LogP contribution in [-0.4, -0.2) is 55.3 Å². The number of hydrogen-bond acceptors (Lipinski definition) is 4. The first-order valence-electron chi connectivity index (χ1n) is 9.24. The lowest BCUT2D eigenvalue weighted by Gasteiger charge is -2.39. The number of halogens is 1. The highest BCUT2D eigenvalue weighted by Gasteiger charge is 2.42. The van der Waals surface area contributed by atoms with Crippen LogP contribution in [-0.2, 0) is 19.1 Å². The average Bonchev–Trinajstić information content (AvgIpc) is 3.32. The van der Waals surface area contributed by atoms with Gasteiger partial charge in [0.2, 0.25) is 11.8 Å². The minimum absolute atomic E-state index is 0.0546. The highest BCUT2D eigenvalue weighted by molar-refractivity contribution is 6.00. The summed E-state index contributed by atoms with van der Waals surface area (Å²) >= 11 is 0. The van der Waals surface area contributed by atoms with Crippen LogP contribution in [0.15, 0.2) is 24.3 Å². The topological polar surface area (TPSA) is 59.1 Å². The summed E-state index contributed by atoms with van der Waals surface area (Å²) in [6.45, 7) is 1.96. The van der Waals surface area contributed by atoms with E-state index in [-0.39, 0.29) is 42.8 Å². The first-order valence-corrected chi connectivity index (χ1v) is 9.24. The van der Waals surface area contributed by atoms with E-state index in [4.69, 9.17) is 9.47 Å². The van der Waals surface area contributed by atoms with E-state index in [1.54, 1.807) is 18.2 Å². The van der Waals surface area contributed by atoms with E-state index in [0.29, 0.717) is 19.8 Å². The SMILES string of the molecule is O=C1C[C@@H](C(=O)N2CCCC[C@H]2C2OCCO2)CN1c1ccccc1F. The molecule has 6 nitrogen and oxygen atoms in total. The van der Waals surface area contributed by atoms with Crippen molar-refractivity contribution < 1.29 is 23.5 Å². The molecule has 0 aromatic heterocycles. The predicted molar refractivity (Wildman–Crippen MR) is 91.9 cm³/mol. The Labute approximate surface area is 151 Å². The summed E-state index contributed by atoms with van der Waals surface area (Å²) in [6.07, 6.45) is 2.55. The fraction of sp³-hybridized carbons (Fsp3) is 0.579. The second-order valence-electron chi connectivity index (χ2n) is 7.06. The number of rotatable bonds is 3. The zero-order valence-electron chi connectivity index (χ0n) is 14.6. The lowest BCUT2D eigenvalue weighted by Crippen LogP contribution is -2.52. The molecule has 0 spiro atoms. The zero-order valence-corrected chi connectivity index (χ0v) is 14.6. The Hall–Kier alpha value is -1.99. The maximum atomic E-state index is 14.0. The summed E-state index contributed by atoms with van der Waals surface area (Å²) in [6, 6.07) is 6.08. The summed E-state index contributed by atoms with van der Waals surface area (Å²) in [5.41, 5.74) is 0.241. The molecule has 26 heavy (non-hydrogen) atoms. The second-order valence-corrected chi connectivity index (χ2v) is 7.06. The molecule has 0 radical (unpaired) electrons. The summed E-state index contributed by atoms with van der Waals surface area (Å²) in [4.78, 5) is 28.7. The van der Waals surface area contributed by atoms with Crippen LogP contribution in [0.25, 0.3) is 0 Å². The second kappa shape index (κ2) is 7.32. The van der Waals surface area contributed by atoms with Crippen LogP contribution >= 0.6 is 0 Å². The van der Waals surface area contributed by atoms with Crippen molar-refractivity contribution in [3.63, 3.8) is 0 Å². The molecule has 2 amide bonds. The molecule has 0 N–H and O–H groups in total. The van der Waals surface area contributed by atoms with Gasteiger partial charge in [-0.25, -0.2) is 4.39 Å². The Morgan fingerprint density at radius 2 is 1.92 bits per heavy atom.